The molecule has 1 aliphatic rings. The second kappa shape index (κ2) is 9.17. The van der Waals surface area contributed by atoms with Crippen LogP contribution in [0.1, 0.15) is 0 Å². The number of benzene rings is 1. The fraction of sp³-hybridized carbons (Fsp3) is 0.600. The van der Waals surface area contributed by atoms with Gasteiger partial charge in [-0.1, -0.05) is 0 Å². The minimum absolute atomic E-state index is 0.106. The third kappa shape index (κ3) is 5.30. The second-order valence-electron chi connectivity index (χ2n) is 5.88. The Labute approximate surface area is 154 Å². The summed E-state index contributed by atoms with van der Waals surface area (Å²) in [6, 6.07) is 5.13. The van der Waals surface area contributed by atoms with Crippen LogP contribution >= 0.6 is 12.6 Å². The van der Waals surface area contributed by atoms with Gasteiger partial charge in [0.05, 0.1) is 24.2 Å². The number of rotatable bonds is 8. The first kappa shape index (κ1) is 20.4. The van der Waals surface area contributed by atoms with Crippen molar-refractivity contribution in [3.63, 3.8) is 0 Å². The summed E-state index contributed by atoms with van der Waals surface area (Å²) in [6.07, 6.45) is -1.33. The van der Waals surface area contributed by atoms with Crippen LogP contribution in [-0.4, -0.2) is 80.1 Å². The maximum atomic E-state index is 13.1. The number of hydrogen-bond acceptors (Lipinski definition) is 8. The molecule has 1 fully saturated rings. The Kier molecular flexibility index (Phi) is 7.50. The van der Waals surface area contributed by atoms with E-state index in [0.29, 0.717) is 25.4 Å². The van der Waals surface area contributed by atoms with Gasteiger partial charge >= 0.3 is 0 Å². The monoisotopic (exact) mass is 390 g/mol. The van der Waals surface area contributed by atoms with Crippen molar-refractivity contribution in [1.82, 2.24) is 9.21 Å². The number of aliphatic hydroxyl groups excluding tert-OH is 1. The van der Waals surface area contributed by atoms with Crippen molar-refractivity contribution in [2.45, 2.75) is 17.2 Å². The minimum Gasteiger partial charge on any atom is -0.399 e. The number of sulfonamides is 1. The predicted octanol–water partition coefficient (Wildman–Crippen LogP) is -0.833. The van der Waals surface area contributed by atoms with Crippen molar-refractivity contribution in [2.24, 2.45) is 5.73 Å². The zero-order valence-corrected chi connectivity index (χ0v) is 15.7. The van der Waals surface area contributed by atoms with Crippen molar-refractivity contribution in [2.75, 3.05) is 50.9 Å². The number of anilines is 1. The number of thiol groups is 1. The van der Waals surface area contributed by atoms with Gasteiger partial charge in [-0.15, -0.1) is 0 Å². The van der Waals surface area contributed by atoms with Gasteiger partial charge in [0.2, 0.25) is 10.0 Å². The zero-order chi connectivity index (χ0) is 18.4. The van der Waals surface area contributed by atoms with Crippen LogP contribution in [0.5, 0.6) is 0 Å². The molecule has 0 amide bonds. The second-order valence-corrected chi connectivity index (χ2v) is 8.14. The lowest BCUT2D eigenvalue weighted by Crippen LogP contribution is -2.54. The maximum absolute atomic E-state index is 13.1. The summed E-state index contributed by atoms with van der Waals surface area (Å²) < 4.78 is 32.7. The van der Waals surface area contributed by atoms with Gasteiger partial charge < -0.3 is 21.3 Å². The molecule has 8 nitrogen and oxygen atoms in total. The molecule has 1 unspecified atom stereocenters. The van der Waals surface area contributed by atoms with Crippen LogP contribution in [0.3, 0.4) is 0 Å². The highest BCUT2D eigenvalue weighted by atomic mass is 32.2. The van der Waals surface area contributed by atoms with Crippen LogP contribution in [0.2, 0.25) is 0 Å². The average molecular weight is 391 g/mol. The molecule has 5 N–H and O–H groups in total. The summed E-state index contributed by atoms with van der Waals surface area (Å²) >= 11 is 4.18. The molecule has 142 valence electrons. The smallest absolute Gasteiger partial charge is 0.243 e. The molecule has 10 heteroatoms. The molecule has 1 saturated heterocycles. The third-order valence-electron chi connectivity index (χ3n) is 4.18. The SMILES string of the molecule is Nc1ccc(S(=O)(=O)N(CCN2CCOCC2)[C@@H](CS)C(N)O)cc1. The van der Waals surface area contributed by atoms with Crippen LogP contribution in [0.4, 0.5) is 5.69 Å². The van der Waals surface area contributed by atoms with Crippen LogP contribution in [-0.2, 0) is 14.8 Å². The summed E-state index contributed by atoms with van der Waals surface area (Å²) in [7, 11) is -3.84. The first-order chi connectivity index (χ1) is 11.9. The first-order valence-electron chi connectivity index (χ1n) is 8.08. The maximum Gasteiger partial charge on any atom is 0.243 e. The average Bonchev–Trinajstić information content (AvgIpc) is 2.59. The van der Waals surface area contributed by atoms with Crippen molar-refractivity contribution < 1.29 is 18.3 Å². The van der Waals surface area contributed by atoms with E-state index < -0.39 is 22.3 Å². The van der Waals surface area contributed by atoms with Gasteiger partial charge in [0.1, 0.15) is 6.23 Å². The highest BCUT2D eigenvalue weighted by molar-refractivity contribution is 7.89. The van der Waals surface area contributed by atoms with E-state index in [2.05, 4.69) is 17.5 Å². The molecule has 1 heterocycles. The molecule has 1 aromatic carbocycles. The number of nitrogens with two attached hydrogens (primary N) is 2. The molecule has 2 rings (SSSR count). The van der Waals surface area contributed by atoms with Crippen LogP contribution in [0.25, 0.3) is 0 Å². The Bertz CT molecular complexity index is 633. The fourth-order valence-corrected chi connectivity index (χ4v) is 4.83. The Hall–Kier alpha value is -0.880. The van der Waals surface area contributed by atoms with E-state index in [0.717, 1.165) is 13.1 Å². The van der Waals surface area contributed by atoms with Gasteiger partial charge in [0.15, 0.2) is 0 Å². The number of ether oxygens (including phenoxy) is 1. The predicted molar refractivity (Wildman–Crippen MR) is 99.8 cm³/mol. The van der Waals surface area contributed by atoms with E-state index >= 15 is 0 Å². The van der Waals surface area contributed by atoms with Crippen LogP contribution in [0, 0.1) is 0 Å². The third-order valence-corrected chi connectivity index (χ3v) is 6.49. The topological polar surface area (TPSA) is 122 Å². The highest BCUT2D eigenvalue weighted by Crippen LogP contribution is 2.21. The molecule has 0 radical (unpaired) electrons. The molecule has 1 aliphatic heterocycles. The van der Waals surface area contributed by atoms with Gasteiger partial charge in [-0.3, -0.25) is 4.90 Å². The number of morpholine rings is 1. The molecule has 25 heavy (non-hydrogen) atoms. The normalized spacial score (nSPS) is 19.0. The summed E-state index contributed by atoms with van der Waals surface area (Å²) in [5, 5.41) is 9.84. The molecular formula is C15H26N4O4S2. The van der Waals surface area contributed by atoms with Crippen molar-refractivity contribution in [3.05, 3.63) is 24.3 Å². The van der Waals surface area contributed by atoms with E-state index in [4.69, 9.17) is 16.2 Å². The quantitative estimate of drug-likeness (QED) is 0.260. The van der Waals surface area contributed by atoms with E-state index in [1.165, 1.54) is 28.6 Å². The van der Waals surface area contributed by atoms with Gasteiger partial charge in [-0.25, -0.2) is 8.42 Å². The summed E-state index contributed by atoms with van der Waals surface area (Å²) in [5.74, 6) is 0.106. The minimum atomic E-state index is -3.84. The lowest BCUT2D eigenvalue weighted by atomic mass is 10.3. The van der Waals surface area contributed by atoms with Gasteiger partial charge in [-0.05, 0) is 24.3 Å². The van der Waals surface area contributed by atoms with Crippen LogP contribution in [0.15, 0.2) is 29.2 Å². The van der Waals surface area contributed by atoms with Crippen LogP contribution < -0.4 is 11.5 Å². The molecule has 1 aromatic rings. The summed E-state index contributed by atoms with van der Waals surface area (Å²) in [5.41, 5.74) is 11.7. The Balaban J connectivity index is 2.24. The van der Waals surface area contributed by atoms with Crippen molar-refractivity contribution in [1.29, 1.82) is 0 Å². The number of aliphatic hydroxyl groups is 1. The van der Waals surface area contributed by atoms with Gasteiger partial charge in [-0.2, -0.15) is 16.9 Å². The lowest BCUT2D eigenvalue weighted by Gasteiger charge is -2.34. The van der Waals surface area contributed by atoms with Gasteiger partial charge in [0.25, 0.3) is 0 Å². The summed E-state index contributed by atoms with van der Waals surface area (Å²) in [4.78, 5) is 2.23. The van der Waals surface area contributed by atoms with E-state index in [-0.39, 0.29) is 17.2 Å². The fourth-order valence-electron chi connectivity index (χ4n) is 2.67. The molecular weight excluding hydrogens is 364 g/mol. The molecule has 0 bridgehead atoms. The summed E-state index contributed by atoms with van der Waals surface area (Å²) in [6.45, 7) is 3.46. The lowest BCUT2D eigenvalue weighted by molar-refractivity contribution is 0.0323. The number of hydrogen-bond donors (Lipinski definition) is 4. The Morgan fingerprint density at radius 1 is 1.28 bits per heavy atom. The van der Waals surface area contributed by atoms with Crippen molar-refractivity contribution >= 4 is 28.3 Å². The Morgan fingerprint density at radius 3 is 2.40 bits per heavy atom. The molecule has 0 saturated carbocycles. The van der Waals surface area contributed by atoms with Gasteiger partial charge in [0, 0.05) is 37.6 Å². The molecule has 0 aromatic heterocycles. The Morgan fingerprint density at radius 2 is 1.88 bits per heavy atom. The zero-order valence-electron chi connectivity index (χ0n) is 14.0. The standard InChI is InChI=1S/C15H26N4O4S2/c16-12-1-3-13(4-2-12)25(21,22)19(14(11-24)15(17)20)6-5-18-7-9-23-10-8-18/h1-4,14-15,20,24H,5-11,16-17H2/t14-,15?/m0/s1. The number of nitrogen functional groups attached to an aromatic ring is 1. The molecule has 0 aliphatic carbocycles. The van der Waals surface area contributed by atoms with Crippen molar-refractivity contribution in [3.8, 4) is 0 Å². The largest absolute Gasteiger partial charge is 0.399 e. The molecule has 2 atom stereocenters. The van der Waals surface area contributed by atoms with E-state index in [9.17, 15) is 13.5 Å². The highest BCUT2D eigenvalue weighted by Gasteiger charge is 2.34. The van der Waals surface area contributed by atoms with E-state index in [1.807, 2.05) is 0 Å². The first-order valence-corrected chi connectivity index (χ1v) is 10.2. The van der Waals surface area contributed by atoms with E-state index in [1.54, 1.807) is 0 Å². The molecule has 0 spiro atoms. The number of nitrogens with zero attached hydrogens (tertiary/aromatic N) is 2.